The molecule has 2 heterocycles. The number of carbonyl (C=O) groups is 3. The van der Waals surface area contributed by atoms with Gasteiger partial charge < -0.3 is 10.7 Å². The van der Waals surface area contributed by atoms with Crippen LogP contribution < -0.4 is 21.5 Å². The molecule has 0 aliphatic carbocycles. The summed E-state index contributed by atoms with van der Waals surface area (Å²) in [7, 11) is 0. The van der Waals surface area contributed by atoms with E-state index < -0.39 is 12.1 Å². The van der Waals surface area contributed by atoms with Gasteiger partial charge in [0.25, 0.3) is 0 Å². The summed E-state index contributed by atoms with van der Waals surface area (Å²) in [4.78, 5) is 49.2. The lowest BCUT2D eigenvalue weighted by Gasteiger charge is -2.25. The van der Waals surface area contributed by atoms with Gasteiger partial charge in [0.2, 0.25) is 17.6 Å². The Balaban J connectivity index is 1.54. The quantitative estimate of drug-likeness (QED) is 0.108. The maximum absolute atomic E-state index is 13.4. The molecule has 176 valence electrons. The Hall–Kier alpha value is -3.63. The van der Waals surface area contributed by atoms with E-state index in [4.69, 9.17) is 5.84 Å². The number of fused-ring (bicyclic) bond motifs is 2. The fourth-order valence-electron chi connectivity index (χ4n) is 4.15. The lowest BCUT2D eigenvalue weighted by molar-refractivity contribution is -0.125. The molecule has 1 aliphatic rings. The molecule has 1 aromatic heterocycles. The first-order chi connectivity index (χ1) is 16.5. The molecule has 0 spiro atoms. The number of ketones is 1. The van der Waals surface area contributed by atoms with Crippen LogP contribution in [0.5, 0.6) is 0 Å². The van der Waals surface area contributed by atoms with E-state index in [1.807, 2.05) is 48.5 Å². The van der Waals surface area contributed by atoms with E-state index in [1.165, 1.54) is 29.5 Å². The number of aromatic nitrogens is 1. The number of Topliss-reactive ketones (excluding diaryl/α,β-unsaturated/α-hetero) is 1. The van der Waals surface area contributed by atoms with Crippen LogP contribution in [-0.2, 0) is 16.0 Å². The number of aliphatic imine (C=N–C) groups is 1. The number of hydrogen-bond acceptors (Lipinski definition) is 7. The van der Waals surface area contributed by atoms with Crippen molar-refractivity contribution in [3.8, 4) is 0 Å². The van der Waals surface area contributed by atoms with Gasteiger partial charge in [-0.2, -0.15) is 0 Å². The summed E-state index contributed by atoms with van der Waals surface area (Å²) >= 11 is 1.30. The highest BCUT2D eigenvalue weighted by atomic mass is 32.1. The van der Waals surface area contributed by atoms with Gasteiger partial charge in [0.05, 0.1) is 22.6 Å². The monoisotopic (exact) mass is 478 g/mol. The molecule has 0 saturated heterocycles. The summed E-state index contributed by atoms with van der Waals surface area (Å²) in [6, 6.07) is 13.5. The summed E-state index contributed by atoms with van der Waals surface area (Å²) < 4.78 is 0.906. The molecule has 34 heavy (non-hydrogen) atoms. The fraction of sp³-hybridized carbons (Fsp3) is 0.292. The smallest absolute Gasteiger partial charge is 0.244 e. The first kappa shape index (κ1) is 23.5. The average molecular weight is 479 g/mol. The molecule has 2 aromatic carbocycles. The minimum Gasteiger partial charge on any atom is -0.344 e. The molecule has 0 radical (unpaired) electrons. The van der Waals surface area contributed by atoms with Gasteiger partial charge in [0, 0.05) is 25.6 Å². The number of nitrogens with one attached hydrogen (secondary N) is 2. The first-order valence-corrected chi connectivity index (χ1v) is 11.8. The number of anilines is 1. The number of para-hydroxylation sites is 2. The van der Waals surface area contributed by atoms with E-state index in [9.17, 15) is 14.4 Å². The van der Waals surface area contributed by atoms with Crippen molar-refractivity contribution in [2.45, 2.75) is 38.3 Å². The fourth-order valence-corrected chi connectivity index (χ4v) is 5.11. The topological polar surface area (TPSA) is 130 Å². The minimum atomic E-state index is -0.786. The number of nitrogens with zero attached hydrogens (tertiary/aromatic N) is 3. The van der Waals surface area contributed by atoms with Crippen LogP contribution in [0.15, 0.2) is 53.5 Å². The standard InChI is InChI=1S/C24H26N6O3S/c1-15(31)30-19-10-4-2-7-16(19)13-20(30)23(33)28-18(9-6-12-26-14-27-25)22(32)24-29-17-8-3-5-11-21(17)34-24/h2-5,7-8,10-11,14,18,20H,6,9,12-13,25H2,1H3,(H,26,27)(H,28,33). The van der Waals surface area contributed by atoms with Crippen LogP contribution in [0.25, 0.3) is 10.2 Å². The van der Waals surface area contributed by atoms with Gasteiger partial charge in [-0.3, -0.25) is 24.3 Å². The van der Waals surface area contributed by atoms with Gasteiger partial charge in [-0.15, -0.1) is 11.3 Å². The Morgan fingerprint density at radius 3 is 2.76 bits per heavy atom. The normalized spacial score (nSPS) is 15.9. The summed E-state index contributed by atoms with van der Waals surface area (Å²) in [6.45, 7) is 1.88. The number of thiazole rings is 1. The molecule has 10 heteroatoms. The van der Waals surface area contributed by atoms with Crippen molar-refractivity contribution >= 4 is 51.2 Å². The van der Waals surface area contributed by atoms with Crippen molar-refractivity contribution in [2.75, 3.05) is 11.4 Å². The molecule has 0 bridgehead atoms. The minimum absolute atomic E-state index is 0.220. The van der Waals surface area contributed by atoms with Crippen LogP contribution in [0.3, 0.4) is 0 Å². The molecule has 2 atom stereocenters. The maximum Gasteiger partial charge on any atom is 0.244 e. The lowest BCUT2D eigenvalue weighted by atomic mass is 10.0. The van der Waals surface area contributed by atoms with Crippen LogP contribution in [0.2, 0.25) is 0 Å². The lowest BCUT2D eigenvalue weighted by Crippen LogP contribution is -2.52. The van der Waals surface area contributed by atoms with Gasteiger partial charge in [0.1, 0.15) is 6.04 Å². The number of rotatable bonds is 9. The van der Waals surface area contributed by atoms with Crippen molar-refractivity contribution in [2.24, 2.45) is 10.8 Å². The van der Waals surface area contributed by atoms with Gasteiger partial charge in [0.15, 0.2) is 5.01 Å². The summed E-state index contributed by atoms with van der Waals surface area (Å²) in [5, 5.41) is 3.25. The predicted octanol–water partition coefficient (Wildman–Crippen LogP) is 2.21. The molecule has 0 fully saturated rings. The zero-order chi connectivity index (χ0) is 24.1. The van der Waals surface area contributed by atoms with Crippen molar-refractivity contribution in [1.82, 2.24) is 15.7 Å². The number of benzene rings is 2. The maximum atomic E-state index is 13.4. The van der Waals surface area contributed by atoms with Crippen LogP contribution in [0, 0.1) is 0 Å². The van der Waals surface area contributed by atoms with E-state index in [0.29, 0.717) is 30.8 Å². The van der Waals surface area contributed by atoms with Gasteiger partial charge in [-0.25, -0.2) is 10.8 Å². The number of hydrazine groups is 1. The zero-order valence-corrected chi connectivity index (χ0v) is 19.5. The Bertz CT molecular complexity index is 1210. The Labute approximate surface area is 201 Å². The molecule has 4 rings (SSSR count). The number of carbonyl (C=O) groups excluding carboxylic acids is 3. The number of hydrogen-bond donors (Lipinski definition) is 3. The molecule has 2 unspecified atom stereocenters. The van der Waals surface area contributed by atoms with E-state index in [1.54, 1.807) is 0 Å². The predicted molar refractivity (Wildman–Crippen MR) is 133 cm³/mol. The van der Waals surface area contributed by atoms with Crippen molar-refractivity contribution in [1.29, 1.82) is 0 Å². The molecule has 3 aromatic rings. The Kier molecular flexibility index (Phi) is 7.29. The van der Waals surface area contributed by atoms with Gasteiger partial charge in [-0.1, -0.05) is 30.3 Å². The molecule has 2 amide bonds. The SMILES string of the molecule is CC(=O)N1c2ccccc2CC1C(=O)NC(CCCN=CNN)C(=O)c1nc2ccccc2s1. The molecule has 4 N–H and O–H groups in total. The molecular formula is C24H26N6O3S. The van der Waals surface area contributed by atoms with Crippen LogP contribution >= 0.6 is 11.3 Å². The van der Waals surface area contributed by atoms with E-state index in [2.05, 4.69) is 20.7 Å². The Morgan fingerprint density at radius 1 is 1.24 bits per heavy atom. The Morgan fingerprint density at radius 2 is 2.00 bits per heavy atom. The second-order valence-corrected chi connectivity index (χ2v) is 9.02. The highest BCUT2D eigenvalue weighted by Gasteiger charge is 2.38. The third kappa shape index (κ3) is 4.97. The molecule has 9 nitrogen and oxygen atoms in total. The molecule has 0 saturated carbocycles. The van der Waals surface area contributed by atoms with Crippen molar-refractivity contribution < 1.29 is 14.4 Å². The number of amides is 2. The highest BCUT2D eigenvalue weighted by molar-refractivity contribution is 7.20. The van der Waals surface area contributed by atoms with E-state index >= 15 is 0 Å². The van der Waals surface area contributed by atoms with Gasteiger partial charge >= 0.3 is 0 Å². The van der Waals surface area contributed by atoms with E-state index in [0.717, 1.165) is 21.5 Å². The largest absolute Gasteiger partial charge is 0.344 e. The summed E-state index contributed by atoms with van der Waals surface area (Å²) in [5.74, 6) is 4.36. The summed E-state index contributed by atoms with van der Waals surface area (Å²) in [5.41, 5.74) is 4.74. The summed E-state index contributed by atoms with van der Waals surface area (Å²) in [6.07, 6.45) is 2.71. The van der Waals surface area contributed by atoms with Crippen LogP contribution in [0.1, 0.15) is 35.1 Å². The van der Waals surface area contributed by atoms with Crippen LogP contribution in [0.4, 0.5) is 5.69 Å². The first-order valence-electron chi connectivity index (χ1n) is 11.0. The van der Waals surface area contributed by atoms with Crippen molar-refractivity contribution in [3.05, 3.63) is 59.1 Å². The second-order valence-electron chi connectivity index (χ2n) is 7.99. The third-order valence-corrected chi connectivity index (χ3v) is 6.75. The average Bonchev–Trinajstić information content (AvgIpc) is 3.44. The van der Waals surface area contributed by atoms with Crippen molar-refractivity contribution in [3.63, 3.8) is 0 Å². The second kappa shape index (κ2) is 10.5. The van der Waals surface area contributed by atoms with Gasteiger partial charge in [-0.05, 0) is 36.6 Å². The molecule has 1 aliphatic heterocycles. The van der Waals surface area contributed by atoms with E-state index in [-0.39, 0.29) is 17.6 Å². The molecular weight excluding hydrogens is 452 g/mol. The third-order valence-electron chi connectivity index (χ3n) is 5.70. The zero-order valence-electron chi connectivity index (χ0n) is 18.7. The van der Waals surface area contributed by atoms with Crippen LogP contribution in [-0.4, -0.2) is 47.5 Å². The number of nitrogens with two attached hydrogens (primary N) is 1. The highest BCUT2D eigenvalue weighted by Crippen LogP contribution is 2.32.